The molecular formula is C13H25N3. The highest BCUT2D eigenvalue weighted by Crippen LogP contribution is 2.23. The Morgan fingerprint density at radius 3 is 2.94 bits per heavy atom. The molecule has 3 aliphatic rings. The molecule has 0 radical (unpaired) electrons. The molecule has 0 aromatic heterocycles. The van der Waals surface area contributed by atoms with Crippen molar-refractivity contribution in [1.29, 1.82) is 0 Å². The Hall–Kier alpha value is -0.120. The first kappa shape index (κ1) is 11.0. The van der Waals surface area contributed by atoms with E-state index in [1.54, 1.807) is 0 Å². The van der Waals surface area contributed by atoms with Crippen molar-refractivity contribution in [2.45, 2.75) is 38.3 Å². The Labute approximate surface area is 99.2 Å². The number of rotatable bonds is 2. The van der Waals surface area contributed by atoms with E-state index >= 15 is 0 Å². The molecule has 0 saturated carbocycles. The molecule has 0 amide bonds. The minimum atomic E-state index is 0.757. The second-order valence-corrected chi connectivity index (χ2v) is 5.92. The highest BCUT2D eigenvalue weighted by molar-refractivity contribution is 4.90. The van der Waals surface area contributed by atoms with Crippen LogP contribution in [0.3, 0.4) is 0 Å². The van der Waals surface area contributed by atoms with Gasteiger partial charge in [0, 0.05) is 38.3 Å². The van der Waals surface area contributed by atoms with Crippen molar-refractivity contribution in [2.75, 3.05) is 39.3 Å². The number of nitrogens with one attached hydrogen (secondary N) is 1. The smallest absolute Gasteiger partial charge is 0.0224 e. The standard InChI is InChI=1S/C13H25N3/c1-11-4-5-14-13(11)10-15-7-8-16-6-2-3-12(16)9-15/h11-14H,2-10H2,1H3. The van der Waals surface area contributed by atoms with Crippen molar-refractivity contribution in [1.82, 2.24) is 15.1 Å². The third-order valence-electron chi connectivity index (χ3n) is 4.82. The second-order valence-electron chi connectivity index (χ2n) is 5.92. The van der Waals surface area contributed by atoms with E-state index in [2.05, 4.69) is 22.0 Å². The molecule has 3 rings (SSSR count). The maximum absolute atomic E-state index is 3.66. The Bertz CT molecular complexity index is 243. The van der Waals surface area contributed by atoms with Gasteiger partial charge in [0.1, 0.15) is 0 Å². The maximum Gasteiger partial charge on any atom is 0.0224 e. The van der Waals surface area contributed by atoms with E-state index in [-0.39, 0.29) is 0 Å². The molecule has 0 aliphatic carbocycles. The lowest BCUT2D eigenvalue weighted by Gasteiger charge is -2.39. The normalized spacial score (nSPS) is 41.4. The topological polar surface area (TPSA) is 18.5 Å². The quantitative estimate of drug-likeness (QED) is 0.746. The van der Waals surface area contributed by atoms with E-state index in [0.717, 1.165) is 18.0 Å². The van der Waals surface area contributed by atoms with E-state index in [0.29, 0.717) is 0 Å². The Kier molecular flexibility index (Phi) is 3.18. The molecule has 3 heteroatoms. The van der Waals surface area contributed by atoms with Gasteiger partial charge in [-0.2, -0.15) is 0 Å². The van der Waals surface area contributed by atoms with Gasteiger partial charge in [-0.25, -0.2) is 0 Å². The van der Waals surface area contributed by atoms with Gasteiger partial charge >= 0.3 is 0 Å². The van der Waals surface area contributed by atoms with Crippen molar-refractivity contribution in [2.24, 2.45) is 5.92 Å². The summed E-state index contributed by atoms with van der Waals surface area (Å²) in [6.45, 7) is 10.2. The maximum atomic E-state index is 3.66. The van der Waals surface area contributed by atoms with Gasteiger partial charge in [-0.05, 0) is 38.3 Å². The lowest BCUT2D eigenvalue weighted by molar-refractivity contribution is 0.0946. The summed E-state index contributed by atoms with van der Waals surface area (Å²) in [7, 11) is 0. The van der Waals surface area contributed by atoms with Crippen LogP contribution in [0.25, 0.3) is 0 Å². The van der Waals surface area contributed by atoms with Crippen LogP contribution in [0.4, 0.5) is 0 Å². The van der Waals surface area contributed by atoms with E-state index in [9.17, 15) is 0 Å². The van der Waals surface area contributed by atoms with Crippen LogP contribution < -0.4 is 5.32 Å². The predicted molar refractivity (Wildman–Crippen MR) is 66.6 cm³/mol. The average Bonchev–Trinajstić information content (AvgIpc) is 2.88. The van der Waals surface area contributed by atoms with E-state index < -0.39 is 0 Å². The summed E-state index contributed by atoms with van der Waals surface area (Å²) < 4.78 is 0. The number of hydrogen-bond donors (Lipinski definition) is 1. The van der Waals surface area contributed by atoms with Gasteiger partial charge in [-0.3, -0.25) is 9.80 Å². The van der Waals surface area contributed by atoms with Crippen LogP contribution >= 0.6 is 0 Å². The van der Waals surface area contributed by atoms with Gasteiger partial charge in [0.25, 0.3) is 0 Å². The molecule has 0 aromatic rings. The van der Waals surface area contributed by atoms with Crippen LogP contribution in [0.2, 0.25) is 0 Å². The monoisotopic (exact) mass is 223 g/mol. The van der Waals surface area contributed by atoms with Gasteiger partial charge in [0.05, 0.1) is 0 Å². The van der Waals surface area contributed by atoms with Crippen molar-refractivity contribution < 1.29 is 0 Å². The van der Waals surface area contributed by atoms with Crippen LogP contribution in [0.15, 0.2) is 0 Å². The first-order chi connectivity index (χ1) is 7.83. The summed E-state index contributed by atoms with van der Waals surface area (Å²) in [4.78, 5) is 5.40. The highest BCUT2D eigenvalue weighted by Gasteiger charge is 2.32. The van der Waals surface area contributed by atoms with Crippen LogP contribution in [-0.4, -0.2) is 61.2 Å². The fraction of sp³-hybridized carbons (Fsp3) is 1.00. The van der Waals surface area contributed by atoms with E-state index in [1.165, 1.54) is 58.5 Å². The number of fused-ring (bicyclic) bond motifs is 1. The van der Waals surface area contributed by atoms with Gasteiger partial charge < -0.3 is 5.32 Å². The summed E-state index contributed by atoms with van der Waals surface area (Å²) >= 11 is 0. The second kappa shape index (κ2) is 4.63. The summed E-state index contributed by atoms with van der Waals surface area (Å²) in [5.74, 6) is 0.876. The molecule has 3 heterocycles. The Morgan fingerprint density at radius 2 is 2.12 bits per heavy atom. The zero-order valence-corrected chi connectivity index (χ0v) is 10.5. The molecular weight excluding hydrogens is 198 g/mol. The van der Waals surface area contributed by atoms with Crippen molar-refractivity contribution in [3.05, 3.63) is 0 Å². The Morgan fingerprint density at radius 1 is 1.19 bits per heavy atom. The molecule has 92 valence electrons. The molecule has 0 aromatic carbocycles. The average molecular weight is 223 g/mol. The van der Waals surface area contributed by atoms with Crippen LogP contribution in [0.1, 0.15) is 26.2 Å². The van der Waals surface area contributed by atoms with E-state index in [4.69, 9.17) is 0 Å². The third kappa shape index (κ3) is 2.13. The molecule has 3 aliphatic heterocycles. The minimum Gasteiger partial charge on any atom is -0.312 e. The van der Waals surface area contributed by atoms with Crippen molar-refractivity contribution >= 4 is 0 Å². The van der Waals surface area contributed by atoms with Gasteiger partial charge in [-0.15, -0.1) is 0 Å². The number of piperazine rings is 1. The molecule has 3 nitrogen and oxygen atoms in total. The van der Waals surface area contributed by atoms with Gasteiger partial charge in [0.15, 0.2) is 0 Å². The van der Waals surface area contributed by atoms with Crippen molar-refractivity contribution in [3.63, 3.8) is 0 Å². The highest BCUT2D eigenvalue weighted by atomic mass is 15.3. The SMILES string of the molecule is CC1CCNC1CN1CCN2CCCC2C1. The first-order valence-electron chi connectivity index (χ1n) is 7.03. The zero-order chi connectivity index (χ0) is 11.0. The van der Waals surface area contributed by atoms with Crippen LogP contribution in [0, 0.1) is 5.92 Å². The molecule has 3 atom stereocenters. The molecule has 3 unspecified atom stereocenters. The van der Waals surface area contributed by atoms with Crippen LogP contribution in [0.5, 0.6) is 0 Å². The lowest BCUT2D eigenvalue weighted by atomic mass is 10.0. The summed E-state index contributed by atoms with van der Waals surface area (Å²) in [6, 6.07) is 1.64. The third-order valence-corrected chi connectivity index (χ3v) is 4.82. The van der Waals surface area contributed by atoms with Crippen LogP contribution in [-0.2, 0) is 0 Å². The van der Waals surface area contributed by atoms with E-state index in [1.807, 2.05) is 0 Å². The molecule has 0 spiro atoms. The van der Waals surface area contributed by atoms with Gasteiger partial charge in [-0.1, -0.05) is 6.92 Å². The summed E-state index contributed by atoms with van der Waals surface area (Å²) in [5.41, 5.74) is 0. The Balaban J connectivity index is 1.52. The molecule has 3 saturated heterocycles. The predicted octanol–water partition coefficient (Wildman–Crippen LogP) is 0.764. The minimum absolute atomic E-state index is 0.757. The fourth-order valence-electron chi connectivity index (χ4n) is 3.64. The summed E-state index contributed by atoms with van der Waals surface area (Å²) in [6.07, 6.45) is 4.23. The molecule has 16 heavy (non-hydrogen) atoms. The van der Waals surface area contributed by atoms with Crippen molar-refractivity contribution in [3.8, 4) is 0 Å². The molecule has 1 N–H and O–H groups in total. The molecule has 0 bridgehead atoms. The summed E-state index contributed by atoms with van der Waals surface area (Å²) in [5, 5.41) is 3.66. The molecule has 3 fully saturated rings. The largest absolute Gasteiger partial charge is 0.312 e. The zero-order valence-electron chi connectivity index (χ0n) is 10.5. The fourth-order valence-corrected chi connectivity index (χ4v) is 3.64. The number of nitrogens with zero attached hydrogens (tertiary/aromatic N) is 2. The number of hydrogen-bond acceptors (Lipinski definition) is 3. The lowest BCUT2D eigenvalue weighted by Crippen LogP contribution is -2.53. The first-order valence-corrected chi connectivity index (χ1v) is 7.03. The van der Waals surface area contributed by atoms with Gasteiger partial charge in [0.2, 0.25) is 0 Å².